The molecule has 2 heterocycles. The smallest absolute Gasteiger partial charge is 0.330 e. The normalized spacial score (nSPS) is 11.3. The molecule has 2 aromatic rings. The molecule has 9 nitrogen and oxygen atoms in total. The van der Waals surface area contributed by atoms with Crippen LogP contribution >= 0.6 is 0 Å². The van der Waals surface area contributed by atoms with Crippen molar-refractivity contribution >= 4 is 15.8 Å². The van der Waals surface area contributed by atoms with Gasteiger partial charge in [-0.1, -0.05) is 0 Å². The Labute approximate surface area is 132 Å². The van der Waals surface area contributed by atoms with Crippen LogP contribution in [0.4, 0.5) is 5.82 Å². The average molecular weight is 340 g/mol. The van der Waals surface area contributed by atoms with Gasteiger partial charge in [0.2, 0.25) is 0 Å². The number of methoxy groups -OCH3 is 1. The Hall–Kier alpha value is -2.62. The van der Waals surface area contributed by atoms with E-state index >= 15 is 0 Å². The number of nitrogens with zero attached hydrogens (tertiary/aromatic N) is 3. The molecule has 10 heteroatoms. The van der Waals surface area contributed by atoms with Crippen LogP contribution in [-0.4, -0.2) is 29.6 Å². The number of hydrogen-bond donors (Lipinski definition) is 1. The van der Waals surface area contributed by atoms with Gasteiger partial charge in [0.1, 0.15) is 0 Å². The van der Waals surface area contributed by atoms with Gasteiger partial charge < -0.3 is 9.30 Å². The number of hydrogen-bond acceptors (Lipinski definition) is 6. The molecule has 23 heavy (non-hydrogen) atoms. The summed E-state index contributed by atoms with van der Waals surface area (Å²) in [6.45, 7) is 1.68. The van der Waals surface area contributed by atoms with Crippen molar-refractivity contribution in [1.82, 2.24) is 14.1 Å². The van der Waals surface area contributed by atoms with E-state index in [-0.39, 0.29) is 11.6 Å². The van der Waals surface area contributed by atoms with Gasteiger partial charge in [0.05, 0.1) is 7.11 Å². The Morgan fingerprint density at radius 1 is 1.22 bits per heavy atom. The minimum atomic E-state index is -4.24. The lowest BCUT2D eigenvalue weighted by molar-refractivity contribution is 0.415. The average Bonchev–Trinajstić information content (AvgIpc) is 2.48. The lowest BCUT2D eigenvalue weighted by Crippen LogP contribution is -2.40. The second-order valence-corrected chi connectivity index (χ2v) is 6.51. The Morgan fingerprint density at radius 3 is 2.48 bits per heavy atom. The number of pyridine rings is 1. The SMILES string of the molecule is COc1ccc(C)nc1NS(=O)(=O)c1cn(C)c(=O)n(C)c1=O. The fraction of sp³-hybridized carbons (Fsp3) is 0.308. The number of sulfonamides is 1. The Kier molecular flexibility index (Phi) is 4.28. The van der Waals surface area contributed by atoms with Gasteiger partial charge in [0, 0.05) is 26.0 Å². The first-order valence-electron chi connectivity index (χ1n) is 6.48. The molecular formula is C13H16N4O5S. The highest BCUT2D eigenvalue weighted by atomic mass is 32.2. The standard InChI is InChI=1S/C13H16N4O5S/c1-8-5-6-9(22-4)11(14-8)15-23(20,21)10-7-16(2)13(19)17(3)12(10)18/h5-7H,1-4H3,(H,14,15). The van der Waals surface area contributed by atoms with Crippen molar-refractivity contribution in [2.45, 2.75) is 11.8 Å². The molecule has 0 amide bonds. The summed E-state index contributed by atoms with van der Waals surface area (Å²) in [7, 11) is -0.313. The van der Waals surface area contributed by atoms with Crippen molar-refractivity contribution in [1.29, 1.82) is 0 Å². The van der Waals surface area contributed by atoms with Crippen molar-refractivity contribution in [3.05, 3.63) is 44.9 Å². The van der Waals surface area contributed by atoms with Gasteiger partial charge in [-0.15, -0.1) is 0 Å². The van der Waals surface area contributed by atoms with Gasteiger partial charge in [-0.3, -0.25) is 14.1 Å². The zero-order valence-corrected chi connectivity index (χ0v) is 13.8. The highest BCUT2D eigenvalue weighted by Gasteiger charge is 2.23. The molecule has 0 aliphatic heterocycles. The van der Waals surface area contributed by atoms with Crippen LogP contribution in [-0.2, 0) is 24.1 Å². The minimum Gasteiger partial charge on any atom is -0.493 e. The Morgan fingerprint density at radius 2 is 1.87 bits per heavy atom. The number of anilines is 1. The van der Waals surface area contributed by atoms with Crippen LogP contribution in [0, 0.1) is 6.92 Å². The van der Waals surface area contributed by atoms with Crippen molar-refractivity contribution in [3.63, 3.8) is 0 Å². The number of nitrogens with one attached hydrogen (secondary N) is 1. The quantitative estimate of drug-likeness (QED) is 0.810. The second kappa shape index (κ2) is 5.88. The van der Waals surface area contributed by atoms with Crippen LogP contribution < -0.4 is 20.7 Å². The minimum absolute atomic E-state index is 0.0385. The molecule has 0 saturated carbocycles. The van der Waals surface area contributed by atoms with Crippen molar-refractivity contribution < 1.29 is 13.2 Å². The summed E-state index contributed by atoms with van der Waals surface area (Å²) in [5.74, 6) is 0.171. The van der Waals surface area contributed by atoms with Gasteiger partial charge in [0.25, 0.3) is 15.6 Å². The third kappa shape index (κ3) is 3.11. The maximum absolute atomic E-state index is 12.5. The summed E-state index contributed by atoms with van der Waals surface area (Å²) >= 11 is 0. The van der Waals surface area contributed by atoms with Gasteiger partial charge in [-0.05, 0) is 19.1 Å². The molecule has 1 N–H and O–H groups in total. The van der Waals surface area contributed by atoms with E-state index in [1.54, 1.807) is 19.1 Å². The van der Waals surface area contributed by atoms with Crippen LogP contribution in [0.1, 0.15) is 5.69 Å². The molecule has 0 radical (unpaired) electrons. The molecule has 2 aromatic heterocycles. The van der Waals surface area contributed by atoms with E-state index in [9.17, 15) is 18.0 Å². The highest BCUT2D eigenvalue weighted by Crippen LogP contribution is 2.23. The lowest BCUT2D eigenvalue weighted by atomic mass is 10.3. The maximum atomic E-state index is 12.5. The van der Waals surface area contributed by atoms with Crippen molar-refractivity contribution in [3.8, 4) is 5.75 Å². The third-order valence-electron chi connectivity index (χ3n) is 3.15. The first-order chi connectivity index (χ1) is 10.7. The molecule has 0 aliphatic rings. The molecule has 0 saturated heterocycles. The Balaban J connectivity index is 2.60. The molecule has 0 bridgehead atoms. The van der Waals surface area contributed by atoms with E-state index in [0.717, 1.165) is 15.3 Å². The summed E-state index contributed by atoms with van der Waals surface area (Å²) in [5.41, 5.74) is -0.982. The van der Waals surface area contributed by atoms with Crippen LogP contribution in [0.2, 0.25) is 0 Å². The number of aromatic nitrogens is 3. The van der Waals surface area contributed by atoms with Gasteiger partial charge in [-0.2, -0.15) is 0 Å². The molecule has 0 atom stereocenters. The van der Waals surface area contributed by atoms with Crippen LogP contribution in [0.25, 0.3) is 0 Å². The van der Waals surface area contributed by atoms with Gasteiger partial charge >= 0.3 is 5.69 Å². The maximum Gasteiger partial charge on any atom is 0.330 e. The van der Waals surface area contributed by atoms with Crippen molar-refractivity contribution in [2.75, 3.05) is 11.8 Å². The molecule has 0 fully saturated rings. The van der Waals surface area contributed by atoms with E-state index in [1.165, 1.54) is 21.2 Å². The molecule has 0 unspecified atom stereocenters. The fourth-order valence-corrected chi connectivity index (χ4v) is 3.10. The van der Waals surface area contributed by atoms with Crippen LogP contribution in [0.15, 0.2) is 32.8 Å². The topological polar surface area (TPSA) is 112 Å². The molecule has 0 aromatic carbocycles. The zero-order valence-electron chi connectivity index (χ0n) is 13.0. The zero-order chi connectivity index (χ0) is 17.4. The first kappa shape index (κ1) is 16.7. The first-order valence-corrected chi connectivity index (χ1v) is 7.97. The van der Waals surface area contributed by atoms with Crippen LogP contribution in [0.3, 0.4) is 0 Å². The summed E-state index contributed by atoms with van der Waals surface area (Å²) in [5, 5.41) is 0. The number of ether oxygens (including phenoxy) is 1. The van der Waals surface area contributed by atoms with E-state index in [4.69, 9.17) is 4.74 Å². The van der Waals surface area contributed by atoms with Gasteiger partial charge in [0.15, 0.2) is 16.5 Å². The summed E-state index contributed by atoms with van der Waals surface area (Å²) in [6.07, 6.45) is 0.968. The summed E-state index contributed by atoms with van der Waals surface area (Å²) < 4.78 is 34.0. The molecule has 124 valence electrons. The monoisotopic (exact) mass is 340 g/mol. The molecular weight excluding hydrogens is 324 g/mol. The van der Waals surface area contributed by atoms with Crippen LogP contribution in [0.5, 0.6) is 5.75 Å². The lowest BCUT2D eigenvalue weighted by Gasteiger charge is -2.12. The Bertz CT molecular complexity index is 975. The van der Waals surface area contributed by atoms with E-state index < -0.39 is 26.2 Å². The summed E-state index contributed by atoms with van der Waals surface area (Å²) in [4.78, 5) is 27.2. The van der Waals surface area contributed by atoms with Gasteiger partial charge in [-0.25, -0.2) is 18.2 Å². The highest BCUT2D eigenvalue weighted by molar-refractivity contribution is 7.92. The van der Waals surface area contributed by atoms with E-state index in [0.29, 0.717) is 5.69 Å². The number of rotatable bonds is 4. The van der Waals surface area contributed by atoms with E-state index in [2.05, 4.69) is 9.71 Å². The summed E-state index contributed by atoms with van der Waals surface area (Å²) in [6, 6.07) is 3.21. The molecule has 0 aliphatic carbocycles. The fourth-order valence-electron chi connectivity index (χ4n) is 1.92. The van der Waals surface area contributed by atoms with Crippen molar-refractivity contribution in [2.24, 2.45) is 14.1 Å². The second-order valence-electron chi connectivity index (χ2n) is 4.86. The predicted octanol–water partition coefficient (Wildman–Crippen LogP) is -0.403. The molecule has 0 spiro atoms. The predicted molar refractivity (Wildman–Crippen MR) is 83.3 cm³/mol. The van der Waals surface area contributed by atoms with E-state index in [1.807, 2.05) is 0 Å². The number of aryl methyl sites for hydroxylation is 2. The molecule has 2 rings (SSSR count). The largest absolute Gasteiger partial charge is 0.493 e. The third-order valence-corrected chi connectivity index (χ3v) is 4.47.